The number of aromatic amines is 1. The molecule has 2 aliphatic heterocycles. The van der Waals surface area contributed by atoms with Crippen LogP contribution in [0, 0.1) is 0 Å². The molecule has 1 fully saturated rings. The maximum Gasteiger partial charge on any atom is 0.256 e. The van der Waals surface area contributed by atoms with E-state index < -0.39 is 15.9 Å². The van der Waals surface area contributed by atoms with Gasteiger partial charge >= 0.3 is 0 Å². The van der Waals surface area contributed by atoms with E-state index >= 15 is 0 Å². The van der Waals surface area contributed by atoms with Crippen LogP contribution in [0.3, 0.4) is 0 Å². The molecule has 29 heavy (non-hydrogen) atoms. The molecule has 3 heterocycles. The first-order valence-corrected chi connectivity index (χ1v) is 11.1. The van der Waals surface area contributed by atoms with Crippen LogP contribution in [-0.4, -0.2) is 45.6 Å². The van der Waals surface area contributed by atoms with E-state index in [4.69, 9.17) is 4.74 Å². The molecule has 1 aromatic heterocycles. The minimum Gasteiger partial charge on any atom is -0.593 e. The van der Waals surface area contributed by atoms with E-state index in [-0.39, 0.29) is 17.4 Å². The van der Waals surface area contributed by atoms with Crippen LogP contribution in [0.2, 0.25) is 0 Å². The van der Waals surface area contributed by atoms with Crippen LogP contribution in [0.15, 0.2) is 59.6 Å². The highest BCUT2D eigenvalue weighted by Gasteiger charge is 2.46. The lowest BCUT2D eigenvalue weighted by Gasteiger charge is -2.40. The quantitative estimate of drug-likeness (QED) is 0.602. The van der Waals surface area contributed by atoms with Gasteiger partial charge in [-0.15, -0.1) is 4.72 Å². The molecule has 8 heteroatoms. The van der Waals surface area contributed by atoms with Gasteiger partial charge in [0.05, 0.1) is 5.56 Å². The number of piperidine rings is 1. The third-order valence-corrected chi connectivity index (χ3v) is 7.44. The Hall–Kier alpha value is -2.68. The number of carbonyl (C=O) groups is 1. The lowest BCUT2D eigenvalue weighted by molar-refractivity contribution is 0.0606. The fourth-order valence-electron chi connectivity index (χ4n) is 4.18. The normalized spacial score (nSPS) is 23.4. The van der Waals surface area contributed by atoms with Crippen molar-refractivity contribution in [3.8, 4) is 5.75 Å². The minimum absolute atomic E-state index is 0.0435. The van der Waals surface area contributed by atoms with Crippen molar-refractivity contribution in [3.05, 3.63) is 60.3 Å². The second-order valence-electron chi connectivity index (χ2n) is 7.66. The van der Waals surface area contributed by atoms with Crippen LogP contribution in [-0.2, 0) is 14.6 Å². The van der Waals surface area contributed by atoms with E-state index in [9.17, 15) is 13.6 Å². The predicted molar refractivity (Wildman–Crippen MR) is 108 cm³/mol. The first-order chi connectivity index (χ1) is 14.0. The van der Waals surface area contributed by atoms with E-state index in [1.807, 2.05) is 24.3 Å². The molecule has 2 aromatic carbocycles. The number of hydrogen-bond acceptors (Lipinski definition) is 4. The molecule has 0 saturated carbocycles. The van der Waals surface area contributed by atoms with Gasteiger partial charge in [0.1, 0.15) is 12.1 Å². The lowest BCUT2D eigenvalue weighted by Crippen LogP contribution is -2.59. The number of nitrogens with zero attached hydrogens (tertiary/aromatic N) is 1. The van der Waals surface area contributed by atoms with Gasteiger partial charge in [0.2, 0.25) is 4.90 Å². The Morgan fingerprint density at radius 3 is 2.66 bits per heavy atom. The third-order valence-electron chi connectivity index (χ3n) is 5.82. The number of para-hydroxylation sites is 2. The molecular weight excluding hydrogens is 390 g/mol. The van der Waals surface area contributed by atoms with Crippen LogP contribution in [0.1, 0.15) is 23.2 Å². The standard InChI is InChI=1S/C21H21N3O4S/c25-20(16-13-22-17-6-2-1-5-15(16)17)24-11-9-21(10-12-24)14-28-18-7-3-4-8-19(18)29(26,27)23-21/h1-8,13H,9-12,14H2,(H2-,22,23,25,26,27). The van der Waals surface area contributed by atoms with Crippen molar-refractivity contribution in [1.29, 1.82) is 0 Å². The lowest BCUT2D eigenvalue weighted by atomic mass is 9.89. The van der Waals surface area contributed by atoms with Gasteiger partial charge in [-0.25, -0.2) is 0 Å². The molecule has 0 radical (unpaired) electrons. The van der Waals surface area contributed by atoms with E-state index in [0.29, 0.717) is 37.2 Å². The fourth-order valence-corrected chi connectivity index (χ4v) is 5.77. The van der Waals surface area contributed by atoms with Crippen LogP contribution < -0.4 is 9.46 Å². The van der Waals surface area contributed by atoms with Gasteiger partial charge in [-0.05, 0) is 31.0 Å². The second kappa shape index (κ2) is 6.69. The molecule has 150 valence electrons. The largest absolute Gasteiger partial charge is 0.593 e. The maximum absolute atomic E-state index is 13.1. The molecular formula is C21H21N3O4S. The zero-order chi connectivity index (χ0) is 20.1. The molecule has 1 saturated heterocycles. The van der Waals surface area contributed by atoms with E-state index in [0.717, 1.165) is 10.9 Å². The Labute approximate surface area is 169 Å². The number of hydrogen-bond donors (Lipinski definition) is 2. The van der Waals surface area contributed by atoms with Crippen LogP contribution in [0.4, 0.5) is 0 Å². The van der Waals surface area contributed by atoms with Gasteiger partial charge < -0.3 is 19.2 Å². The first-order valence-electron chi connectivity index (χ1n) is 9.59. The third kappa shape index (κ3) is 3.13. The van der Waals surface area contributed by atoms with Gasteiger partial charge in [0.15, 0.2) is 16.1 Å². The zero-order valence-electron chi connectivity index (χ0n) is 15.7. The van der Waals surface area contributed by atoms with E-state index in [1.165, 1.54) is 0 Å². The summed E-state index contributed by atoms with van der Waals surface area (Å²) in [5, 5.41) is 0.895. The smallest absolute Gasteiger partial charge is 0.256 e. The van der Waals surface area contributed by atoms with Crippen LogP contribution in [0.25, 0.3) is 10.9 Å². The summed E-state index contributed by atoms with van der Waals surface area (Å²) in [5.74, 6) is 0.326. The van der Waals surface area contributed by atoms with Crippen molar-refractivity contribution >= 4 is 27.2 Å². The number of H-pyrrole nitrogens is 1. The Balaban J connectivity index is 1.35. The van der Waals surface area contributed by atoms with Gasteiger partial charge in [0, 0.05) is 30.2 Å². The Bertz CT molecular complexity index is 1130. The van der Waals surface area contributed by atoms with Crippen LogP contribution in [0.5, 0.6) is 5.75 Å². The van der Waals surface area contributed by atoms with Crippen molar-refractivity contribution in [2.45, 2.75) is 23.3 Å². The van der Waals surface area contributed by atoms with Gasteiger partial charge in [-0.3, -0.25) is 4.79 Å². The van der Waals surface area contributed by atoms with Crippen molar-refractivity contribution in [2.75, 3.05) is 19.7 Å². The summed E-state index contributed by atoms with van der Waals surface area (Å²) in [7, 11) is -3.68. The molecule has 7 nitrogen and oxygen atoms in total. The number of likely N-dealkylation sites (tertiary alicyclic amines) is 1. The number of sulfonamides is 1. The Morgan fingerprint density at radius 2 is 1.83 bits per heavy atom. The number of ether oxygens (including phenoxy) is 1. The predicted octanol–water partition coefficient (Wildman–Crippen LogP) is 2.73. The van der Waals surface area contributed by atoms with Gasteiger partial charge in [-0.2, -0.15) is 0 Å². The van der Waals surface area contributed by atoms with Crippen molar-refractivity contribution in [1.82, 2.24) is 14.6 Å². The number of fused-ring (bicyclic) bond motifs is 2. The minimum atomic E-state index is -3.68. The van der Waals surface area contributed by atoms with Crippen molar-refractivity contribution in [2.24, 2.45) is 0 Å². The summed E-state index contributed by atoms with van der Waals surface area (Å²) in [5.41, 5.74) is 0.850. The highest BCUT2D eigenvalue weighted by Crippen LogP contribution is 2.35. The first kappa shape index (κ1) is 18.4. The molecule has 1 atom stereocenters. The Morgan fingerprint density at radius 1 is 1.10 bits per heavy atom. The number of amides is 1. The summed E-state index contributed by atoms with van der Waals surface area (Å²) in [6.07, 6.45) is 2.73. The topological polar surface area (TPSA) is 97.5 Å². The molecule has 3 aromatic rings. The maximum atomic E-state index is 13.1. The van der Waals surface area contributed by atoms with Gasteiger partial charge in [-0.1, -0.05) is 34.5 Å². The summed E-state index contributed by atoms with van der Waals surface area (Å²) in [4.78, 5) is 18.1. The SMILES string of the molecule is O=C(c1c[nH]c2ccccc12)N1CCC2(CC1)COc1ccccc1[S+](=O)([O-])N2. The van der Waals surface area contributed by atoms with Crippen molar-refractivity contribution in [3.63, 3.8) is 0 Å². The average molecular weight is 411 g/mol. The zero-order valence-corrected chi connectivity index (χ0v) is 16.5. The van der Waals surface area contributed by atoms with Crippen molar-refractivity contribution < 1.29 is 18.3 Å². The monoisotopic (exact) mass is 411 g/mol. The highest BCUT2D eigenvalue weighted by molar-refractivity contribution is 7.96. The number of nitrogens with one attached hydrogen (secondary N) is 2. The summed E-state index contributed by atoms with van der Waals surface area (Å²) < 4.78 is 34.4. The molecule has 2 aliphatic rings. The average Bonchev–Trinajstić information content (AvgIpc) is 3.12. The second-order valence-corrected chi connectivity index (χ2v) is 9.31. The summed E-state index contributed by atoms with van der Waals surface area (Å²) in [6.45, 7) is 1.17. The van der Waals surface area contributed by atoms with Gasteiger partial charge in [0.25, 0.3) is 5.91 Å². The molecule has 0 bridgehead atoms. The molecule has 1 unspecified atom stereocenters. The molecule has 2 N–H and O–H groups in total. The number of carbonyl (C=O) groups excluding carboxylic acids is 1. The summed E-state index contributed by atoms with van der Waals surface area (Å²) >= 11 is 0. The number of aromatic nitrogens is 1. The molecule has 0 aliphatic carbocycles. The highest BCUT2D eigenvalue weighted by atomic mass is 32.3. The summed E-state index contributed by atoms with van der Waals surface area (Å²) in [6, 6.07) is 14.4. The van der Waals surface area contributed by atoms with E-state index in [1.54, 1.807) is 35.4 Å². The molecule has 1 amide bonds. The fraction of sp³-hybridized carbons (Fsp3) is 0.286. The van der Waals surface area contributed by atoms with E-state index in [2.05, 4.69) is 9.71 Å². The number of benzene rings is 2. The molecule has 5 rings (SSSR count). The Kier molecular flexibility index (Phi) is 4.23. The molecule has 1 spiro atoms. The number of rotatable bonds is 1. The van der Waals surface area contributed by atoms with Crippen LogP contribution >= 0.6 is 0 Å².